The van der Waals surface area contributed by atoms with Crippen LogP contribution in [-0.2, 0) is 0 Å². The molecule has 0 aliphatic carbocycles. The second-order valence-corrected chi connectivity index (χ2v) is 3.20. The Bertz CT molecular complexity index is 502. The van der Waals surface area contributed by atoms with Crippen LogP contribution >= 0.6 is 0 Å². The van der Waals surface area contributed by atoms with E-state index < -0.39 is 5.97 Å². The van der Waals surface area contributed by atoms with Crippen LogP contribution in [0.3, 0.4) is 0 Å². The molecule has 2 aromatic heterocycles. The topological polar surface area (TPSA) is 63.3 Å². The van der Waals surface area contributed by atoms with Crippen molar-refractivity contribution in [2.45, 2.75) is 6.92 Å². The Morgan fingerprint density at radius 2 is 2.33 bits per heavy atom. The number of carboxylic acids is 1. The predicted octanol–water partition coefficient (Wildman–Crippen LogP) is 2.35. The summed E-state index contributed by atoms with van der Waals surface area (Å²) in [5.74, 6) is -0.441. The SMILES string of the molecule is Cc1cnccc1-c1cc(C(=O)O)co1. The Kier molecular flexibility index (Phi) is 2.25. The molecule has 76 valence electrons. The van der Waals surface area contributed by atoms with Crippen LogP contribution in [0.4, 0.5) is 0 Å². The largest absolute Gasteiger partial charge is 0.478 e. The molecule has 0 spiro atoms. The smallest absolute Gasteiger partial charge is 0.338 e. The monoisotopic (exact) mass is 203 g/mol. The molecule has 0 amide bonds. The van der Waals surface area contributed by atoms with Crippen LogP contribution in [0.1, 0.15) is 15.9 Å². The summed E-state index contributed by atoms with van der Waals surface area (Å²) in [6, 6.07) is 3.30. The van der Waals surface area contributed by atoms with Crippen LogP contribution in [0.25, 0.3) is 11.3 Å². The Morgan fingerprint density at radius 1 is 1.53 bits per heavy atom. The molecule has 2 aromatic rings. The molecule has 4 heteroatoms. The van der Waals surface area contributed by atoms with Gasteiger partial charge in [0, 0.05) is 18.0 Å². The summed E-state index contributed by atoms with van der Waals surface area (Å²) in [6.07, 6.45) is 4.58. The van der Waals surface area contributed by atoms with Crippen LogP contribution < -0.4 is 0 Å². The lowest BCUT2D eigenvalue weighted by molar-refractivity contribution is 0.0696. The van der Waals surface area contributed by atoms with Crippen molar-refractivity contribution in [3.63, 3.8) is 0 Å². The first-order valence-corrected chi connectivity index (χ1v) is 4.41. The highest BCUT2D eigenvalue weighted by Gasteiger charge is 2.10. The number of hydrogen-bond acceptors (Lipinski definition) is 3. The minimum Gasteiger partial charge on any atom is -0.478 e. The second-order valence-electron chi connectivity index (χ2n) is 3.20. The Hall–Kier alpha value is -2.10. The second kappa shape index (κ2) is 3.57. The van der Waals surface area contributed by atoms with Crippen LogP contribution in [0, 0.1) is 6.92 Å². The van der Waals surface area contributed by atoms with E-state index in [0.717, 1.165) is 11.1 Å². The molecule has 1 N–H and O–H groups in total. The van der Waals surface area contributed by atoms with Crippen LogP contribution in [-0.4, -0.2) is 16.1 Å². The summed E-state index contributed by atoms with van der Waals surface area (Å²) in [5, 5.41) is 8.74. The number of carbonyl (C=O) groups is 1. The van der Waals surface area contributed by atoms with Crippen LogP contribution in [0.5, 0.6) is 0 Å². The van der Waals surface area contributed by atoms with Gasteiger partial charge in [-0.05, 0) is 24.6 Å². The van der Waals surface area contributed by atoms with E-state index in [1.165, 1.54) is 12.3 Å². The summed E-state index contributed by atoms with van der Waals surface area (Å²) in [7, 11) is 0. The Morgan fingerprint density at radius 3 is 2.93 bits per heavy atom. The number of aryl methyl sites for hydroxylation is 1. The Labute approximate surface area is 86.2 Å². The van der Waals surface area contributed by atoms with Crippen LogP contribution in [0.2, 0.25) is 0 Å². The zero-order valence-electron chi connectivity index (χ0n) is 8.10. The summed E-state index contributed by atoms with van der Waals surface area (Å²) in [5.41, 5.74) is 1.96. The fourth-order valence-electron chi connectivity index (χ4n) is 1.34. The molecule has 0 radical (unpaired) electrons. The van der Waals surface area contributed by atoms with Gasteiger partial charge in [0.2, 0.25) is 0 Å². The van der Waals surface area contributed by atoms with E-state index in [9.17, 15) is 4.79 Å². The first-order chi connectivity index (χ1) is 7.18. The van der Waals surface area contributed by atoms with Gasteiger partial charge >= 0.3 is 5.97 Å². The van der Waals surface area contributed by atoms with E-state index >= 15 is 0 Å². The van der Waals surface area contributed by atoms with Crippen LogP contribution in [0.15, 0.2) is 35.2 Å². The molecule has 2 rings (SSSR count). The standard InChI is InChI=1S/C11H9NO3/c1-7-5-12-3-2-9(7)10-4-8(6-15-10)11(13)14/h2-6H,1H3,(H,13,14). The van der Waals surface area contributed by atoms with Crippen molar-refractivity contribution in [1.82, 2.24) is 4.98 Å². The number of nitrogens with zero attached hydrogens (tertiary/aromatic N) is 1. The van der Waals surface area contributed by atoms with Gasteiger partial charge in [0.25, 0.3) is 0 Å². The predicted molar refractivity (Wildman–Crippen MR) is 53.6 cm³/mol. The maximum atomic E-state index is 10.7. The fourth-order valence-corrected chi connectivity index (χ4v) is 1.34. The van der Waals surface area contributed by atoms with Crippen molar-refractivity contribution in [3.8, 4) is 11.3 Å². The lowest BCUT2D eigenvalue weighted by atomic mass is 10.1. The van der Waals surface area contributed by atoms with E-state index in [0.29, 0.717) is 5.76 Å². The zero-order valence-corrected chi connectivity index (χ0v) is 8.10. The molecule has 15 heavy (non-hydrogen) atoms. The summed E-state index contributed by atoms with van der Waals surface area (Å²) in [4.78, 5) is 14.6. The molecule has 2 heterocycles. The third-order valence-electron chi connectivity index (χ3n) is 2.13. The third kappa shape index (κ3) is 1.74. The van der Waals surface area contributed by atoms with Gasteiger partial charge in [-0.2, -0.15) is 0 Å². The number of pyridine rings is 1. The van der Waals surface area contributed by atoms with Gasteiger partial charge in [0.05, 0.1) is 5.56 Å². The van der Waals surface area contributed by atoms with Crippen molar-refractivity contribution in [1.29, 1.82) is 0 Å². The average molecular weight is 203 g/mol. The van der Waals surface area contributed by atoms with E-state index in [1.807, 2.05) is 6.92 Å². The molecule has 0 saturated carbocycles. The van der Waals surface area contributed by atoms with E-state index in [-0.39, 0.29) is 5.56 Å². The van der Waals surface area contributed by atoms with Gasteiger partial charge in [-0.15, -0.1) is 0 Å². The first kappa shape index (κ1) is 9.45. The van der Waals surface area contributed by atoms with Crippen molar-refractivity contribution in [3.05, 3.63) is 41.9 Å². The minimum atomic E-state index is -0.989. The lowest BCUT2D eigenvalue weighted by Gasteiger charge is -1.99. The molecule has 0 saturated heterocycles. The number of rotatable bonds is 2. The molecule has 0 aliphatic rings. The highest BCUT2D eigenvalue weighted by atomic mass is 16.4. The van der Waals surface area contributed by atoms with Gasteiger partial charge in [0.15, 0.2) is 0 Å². The van der Waals surface area contributed by atoms with E-state index in [4.69, 9.17) is 9.52 Å². The van der Waals surface area contributed by atoms with Gasteiger partial charge in [-0.3, -0.25) is 4.98 Å². The maximum absolute atomic E-state index is 10.7. The molecule has 0 atom stereocenters. The summed E-state index contributed by atoms with van der Waals surface area (Å²) >= 11 is 0. The molecule has 0 aromatic carbocycles. The minimum absolute atomic E-state index is 0.154. The zero-order chi connectivity index (χ0) is 10.8. The number of furan rings is 1. The average Bonchev–Trinajstić information content (AvgIpc) is 2.67. The number of aromatic carboxylic acids is 1. The number of aromatic nitrogens is 1. The van der Waals surface area contributed by atoms with Crippen molar-refractivity contribution < 1.29 is 14.3 Å². The Balaban J connectivity index is 2.46. The van der Waals surface area contributed by atoms with Gasteiger partial charge in [-0.1, -0.05) is 0 Å². The molecule has 0 unspecified atom stereocenters. The number of carboxylic acid groups (broad SMARTS) is 1. The highest BCUT2D eigenvalue weighted by Crippen LogP contribution is 2.24. The maximum Gasteiger partial charge on any atom is 0.338 e. The molecule has 0 fully saturated rings. The molecule has 0 aliphatic heterocycles. The molecular formula is C11H9NO3. The van der Waals surface area contributed by atoms with Crippen molar-refractivity contribution in [2.75, 3.05) is 0 Å². The van der Waals surface area contributed by atoms with E-state index in [2.05, 4.69) is 4.98 Å². The molecule has 0 bridgehead atoms. The first-order valence-electron chi connectivity index (χ1n) is 4.41. The van der Waals surface area contributed by atoms with Crippen molar-refractivity contribution >= 4 is 5.97 Å². The summed E-state index contributed by atoms with van der Waals surface area (Å²) in [6.45, 7) is 1.89. The quantitative estimate of drug-likeness (QED) is 0.813. The fraction of sp³-hybridized carbons (Fsp3) is 0.0909. The molecule has 4 nitrogen and oxygen atoms in total. The van der Waals surface area contributed by atoms with Gasteiger partial charge in [0.1, 0.15) is 12.0 Å². The third-order valence-corrected chi connectivity index (χ3v) is 2.13. The normalized spacial score (nSPS) is 10.2. The van der Waals surface area contributed by atoms with Gasteiger partial charge < -0.3 is 9.52 Å². The van der Waals surface area contributed by atoms with Crippen molar-refractivity contribution in [2.24, 2.45) is 0 Å². The highest BCUT2D eigenvalue weighted by molar-refractivity contribution is 5.88. The lowest BCUT2D eigenvalue weighted by Crippen LogP contribution is -1.91. The number of hydrogen-bond donors (Lipinski definition) is 1. The summed E-state index contributed by atoms with van der Waals surface area (Å²) < 4.78 is 5.18. The van der Waals surface area contributed by atoms with Gasteiger partial charge in [-0.25, -0.2) is 4.79 Å². The van der Waals surface area contributed by atoms with E-state index in [1.54, 1.807) is 18.5 Å². The molecular weight excluding hydrogens is 194 g/mol.